The second-order valence-corrected chi connectivity index (χ2v) is 4.27. The van der Waals surface area contributed by atoms with Gasteiger partial charge in [0, 0.05) is 3.57 Å². The molecular weight excluding hydrogens is 389 g/mol. The summed E-state index contributed by atoms with van der Waals surface area (Å²) in [5.74, 6) is -1.56. The van der Waals surface area contributed by atoms with E-state index in [9.17, 15) is 9.18 Å². The number of hydrogen-bond donors (Lipinski definition) is 1. The molecular formula is C7H3FI2O2. The van der Waals surface area contributed by atoms with Gasteiger partial charge in [-0.05, 0) is 57.3 Å². The highest BCUT2D eigenvalue weighted by atomic mass is 127. The molecule has 1 aromatic rings. The van der Waals surface area contributed by atoms with Crippen LogP contribution in [0, 0.1) is 13.0 Å². The van der Waals surface area contributed by atoms with Gasteiger partial charge in [0.15, 0.2) is 5.82 Å². The number of benzene rings is 1. The molecule has 1 aromatic carbocycles. The van der Waals surface area contributed by atoms with Crippen LogP contribution in [0.25, 0.3) is 0 Å². The van der Waals surface area contributed by atoms with Gasteiger partial charge in [-0.2, -0.15) is 0 Å². The minimum absolute atomic E-state index is 0.00789. The quantitative estimate of drug-likeness (QED) is 0.590. The van der Waals surface area contributed by atoms with Crippen LogP contribution in [0.15, 0.2) is 12.1 Å². The fourth-order valence-electron chi connectivity index (χ4n) is 0.691. The summed E-state index contributed by atoms with van der Waals surface area (Å²) in [5.41, 5.74) is 0.00789. The van der Waals surface area contributed by atoms with Gasteiger partial charge in [0.05, 0.1) is 9.13 Å². The molecule has 64 valence electrons. The van der Waals surface area contributed by atoms with Crippen LogP contribution in [0.4, 0.5) is 4.39 Å². The molecule has 0 fully saturated rings. The summed E-state index contributed by atoms with van der Waals surface area (Å²) in [6.07, 6.45) is 0. The summed E-state index contributed by atoms with van der Waals surface area (Å²) in [7, 11) is 0. The van der Waals surface area contributed by atoms with Crippen molar-refractivity contribution in [2.45, 2.75) is 0 Å². The maximum Gasteiger partial charge on any atom is 0.336 e. The number of carboxylic acids is 1. The highest BCUT2D eigenvalue weighted by Gasteiger charge is 2.13. The van der Waals surface area contributed by atoms with Crippen LogP contribution in [0.3, 0.4) is 0 Å². The van der Waals surface area contributed by atoms with Gasteiger partial charge in [-0.25, -0.2) is 9.18 Å². The van der Waals surface area contributed by atoms with E-state index in [0.717, 1.165) is 0 Å². The first kappa shape index (κ1) is 10.2. The standard InChI is InChI=1S/C7H3FI2O2/c8-5-4(9)2-1-3(6(5)10)7(11)12/h1-2H,(H,11,12). The first-order chi connectivity index (χ1) is 5.54. The summed E-state index contributed by atoms with van der Waals surface area (Å²) >= 11 is 3.50. The molecule has 1 rings (SSSR count). The third kappa shape index (κ3) is 1.87. The smallest absolute Gasteiger partial charge is 0.336 e. The molecule has 0 aliphatic rings. The van der Waals surface area contributed by atoms with Crippen LogP contribution < -0.4 is 0 Å². The van der Waals surface area contributed by atoms with Gasteiger partial charge < -0.3 is 5.11 Å². The molecule has 0 aliphatic carbocycles. The Morgan fingerprint density at radius 2 is 2.00 bits per heavy atom. The van der Waals surface area contributed by atoms with Crippen molar-refractivity contribution < 1.29 is 14.3 Å². The molecule has 2 nitrogen and oxygen atoms in total. The van der Waals surface area contributed by atoms with Crippen molar-refractivity contribution in [3.8, 4) is 0 Å². The Bertz CT molecular complexity index is 338. The molecule has 0 aromatic heterocycles. The lowest BCUT2D eigenvalue weighted by atomic mass is 10.2. The van der Waals surface area contributed by atoms with E-state index in [4.69, 9.17) is 5.11 Å². The molecule has 0 amide bonds. The summed E-state index contributed by atoms with van der Waals surface area (Å²) in [4.78, 5) is 10.5. The van der Waals surface area contributed by atoms with Crippen molar-refractivity contribution >= 4 is 51.2 Å². The SMILES string of the molecule is O=C(O)c1ccc(I)c(F)c1I. The molecule has 0 atom stereocenters. The number of halogens is 3. The average molecular weight is 392 g/mol. The van der Waals surface area contributed by atoms with Gasteiger partial charge in [-0.3, -0.25) is 0 Å². The highest BCUT2D eigenvalue weighted by Crippen LogP contribution is 2.21. The third-order valence-electron chi connectivity index (χ3n) is 1.27. The van der Waals surface area contributed by atoms with E-state index in [-0.39, 0.29) is 9.13 Å². The van der Waals surface area contributed by atoms with E-state index in [2.05, 4.69) is 0 Å². The van der Waals surface area contributed by atoms with Crippen LogP contribution in [0.1, 0.15) is 10.4 Å². The number of carboxylic acid groups (broad SMARTS) is 1. The number of aromatic carboxylic acids is 1. The largest absolute Gasteiger partial charge is 0.478 e. The van der Waals surface area contributed by atoms with Crippen molar-refractivity contribution in [2.75, 3.05) is 0 Å². The fraction of sp³-hybridized carbons (Fsp3) is 0. The molecule has 0 saturated carbocycles. The van der Waals surface area contributed by atoms with Crippen LogP contribution in [-0.2, 0) is 0 Å². The summed E-state index contributed by atoms with van der Waals surface area (Å²) < 4.78 is 13.7. The van der Waals surface area contributed by atoms with E-state index in [0.29, 0.717) is 3.57 Å². The minimum atomic E-state index is -1.10. The third-order valence-corrected chi connectivity index (χ3v) is 3.15. The van der Waals surface area contributed by atoms with E-state index in [1.165, 1.54) is 12.1 Å². The number of hydrogen-bond acceptors (Lipinski definition) is 1. The monoisotopic (exact) mass is 392 g/mol. The second kappa shape index (κ2) is 3.86. The van der Waals surface area contributed by atoms with E-state index < -0.39 is 11.8 Å². The van der Waals surface area contributed by atoms with E-state index >= 15 is 0 Å². The molecule has 12 heavy (non-hydrogen) atoms. The normalized spacial score (nSPS) is 9.92. The van der Waals surface area contributed by atoms with E-state index in [1.807, 2.05) is 22.6 Å². The van der Waals surface area contributed by atoms with Crippen molar-refractivity contribution in [1.82, 2.24) is 0 Å². The highest BCUT2D eigenvalue weighted by molar-refractivity contribution is 14.1. The maximum absolute atomic E-state index is 13.1. The zero-order chi connectivity index (χ0) is 9.30. The first-order valence-corrected chi connectivity index (χ1v) is 5.06. The lowest BCUT2D eigenvalue weighted by Crippen LogP contribution is -2.02. The Morgan fingerprint density at radius 1 is 1.42 bits per heavy atom. The molecule has 0 aliphatic heterocycles. The maximum atomic E-state index is 13.1. The number of carbonyl (C=O) groups is 1. The molecule has 0 radical (unpaired) electrons. The minimum Gasteiger partial charge on any atom is -0.478 e. The lowest BCUT2D eigenvalue weighted by molar-refractivity contribution is 0.0695. The number of rotatable bonds is 1. The average Bonchev–Trinajstić information content (AvgIpc) is 2.00. The topological polar surface area (TPSA) is 37.3 Å². The molecule has 0 saturated heterocycles. The lowest BCUT2D eigenvalue weighted by Gasteiger charge is -2.01. The zero-order valence-corrected chi connectivity index (χ0v) is 9.96. The Hall–Kier alpha value is 0.0800. The van der Waals surface area contributed by atoms with Gasteiger partial charge in [0.2, 0.25) is 0 Å². The van der Waals surface area contributed by atoms with Crippen LogP contribution in [0.5, 0.6) is 0 Å². The Morgan fingerprint density at radius 3 is 2.50 bits per heavy atom. The van der Waals surface area contributed by atoms with Gasteiger partial charge in [0.25, 0.3) is 0 Å². The van der Waals surface area contributed by atoms with Crippen molar-refractivity contribution in [3.63, 3.8) is 0 Å². The molecule has 0 spiro atoms. The van der Waals surface area contributed by atoms with Gasteiger partial charge >= 0.3 is 5.97 Å². The van der Waals surface area contributed by atoms with Gasteiger partial charge in [0.1, 0.15) is 0 Å². The second-order valence-electron chi connectivity index (χ2n) is 2.03. The fourth-order valence-corrected chi connectivity index (χ4v) is 2.36. The molecule has 0 heterocycles. The summed E-state index contributed by atoms with van der Waals surface area (Å²) in [5, 5.41) is 8.61. The van der Waals surface area contributed by atoms with Crippen LogP contribution >= 0.6 is 45.2 Å². The summed E-state index contributed by atoms with van der Waals surface area (Å²) in [6, 6.07) is 2.84. The van der Waals surface area contributed by atoms with Crippen molar-refractivity contribution in [1.29, 1.82) is 0 Å². The zero-order valence-electron chi connectivity index (χ0n) is 5.64. The molecule has 1 N–H and O–H groups in total. The molecule has 0 unspecified atom stereocenters. The Balaban J connectivity index is 3.36. The van der Waals surface area contributed by atoms with Gasteiger partial charge in [-0.1, -0.05) is 0 Å². The van der Waals surface area contributed by atoms with Crippen molar-refractivity contribution in [2.24, 2.45) is 0 Å². The predicted molar refractivity (Wildman–Crippen MR) is 58.8 cm³/mol. The summed E-state index contributed by atoms with van der Waals surface area (Å²) in [6.45, 7) is 0. The molecule has 0 bridgehead atoms. The van der Waals surface area contributed by atoms with Crippen molar-refractivity contribution in [3.05, 3.63) is 30.7 Å². The Labute approximate surface area is 95.4 Å². The van der Waals surface area contributed by atoms with Crippen LogP contribution in [-0.4, -0.2) is 11.1 Å². The first-order valence-electron chi connectivity index (χ1n) is 2.91. The predicted octanol–water partition coefficient (Wildman–Crippen LogP) is 2.73. The van der Waals surface area contributed by atoms with Gasteiger partial charge in [-0.15, -0.1) is 0 Å². The molecule has 5 heteroatoms. The van der Waals surface area contributed by atoms with Crippen LogP contribution in [0.2, 0.25) is 0 Å². The van der Waals surface area contributed by atoms with E-state index in [1.54, 1.807) is 22.6 Å². The Kier molecular flexibility index (Phi) is 3.27.